The molecule has 2 fully saturated rings. The van der Waals surface area contributed by atoms with Gasteiger partial charge in [-0.1, -0.05) is 24.6 Å². The van der Waals surface area contributed by atoms with Gasteiger partial charge in [0.2, 0.25) is 5.91 Å². The number of hydrogen-bond acceptors (Lipinski definition) is 4. The molecule has 2 aromatic rings. The number of amides is 2. The highest BCUT2D eigenvalue weighted by Gasteiger charge is 2.39. The predicted octanol–water partition coefficient (Wildman–Crippen LogP) is 3.29. The minimum atomic E-state index is 0.00685. The summed E-state index contributed by atoms with van der Waals surface area (Å²) in [4.78, 5) is 33.1. The molecule has 2 amide bonds. The molecule has 28 heavy (non-hydrogen) atoms. The van der Waals surface area contributed by atoms with E-state index in [1.807, 2.05) is 17.0 Å². The normalized spacial score (nSPS) is 21.4. The van der Waals surface area contributed by atoms with Crippen molar-refractivity contribution in [2.24, 2.45) is 11.8 Å². The summed E-state index contributed by atoms with van der Waals surface area (Å²) in [5.41, 5.74) is 1.37. The van der Waals surface area contributed by atoms with Crippen molar-refractivity contribution in [1.29, 1.82) is 0 Å². The van der Waals surface area contributed by atoms with Gasteiger partial charge in [-0.2, -0.15) is 0 Å². The van der Waals surface area contributed by atoms with Gasteiger partial charge in [0.15, 0.2) is 0 Å². The van der Waals surface area contributed by atoms with Crippen LogP contribution in [0.15, 0.2) is 42.5 Å². The van der Waals surface area contributed by atoms with Crippen molar-refractivity contribution in [3.8, 4) is 0 Å². The van der Waals surface area contributed by atoms with Crippen molar-refractivity contribution in [3.63, 3.8) is 0 Å². The van der Waals surface area contributed by atoms with E-state index >= 15 is 0 Å². The second-order valence-electron chi connectivity index (χ2n) is 7.48. The predicted molar refractivity (Wildman–Crippen MR) is 110 cm³/mol. The number of benzene rings is 1. The molecule has 1 aromatic heterocycles. The number of carbonyl (C=O) groups is 2. The van der Waals surface area contributed by atoms with Gasteiger partial charge < -0.3 is 15.1 Å². The smallest absolute Gasteiger partial charge is 0.253 e. The number of nitrogens with one attached hydrogen (secondary N) is 1. The fraction of sp³-hybridized carbons (Fsp3) is 0.381. The molecule has 1 aliphatic carbocycles. The summed E-state index contributed by atoms with van der Waals surface area (Å²) < 4.78 is 0. The first-order valence-electron chi connectivity index (χ1n) is 9.59. The topological polar surface area (TPSA) is 65.5 Å². The van der Waals surface area contributed by atoms with E-state index in [1.54, 1.807) is 30.3 Å². The molecular formula is C21H23ClN4O2. The molecule has 0 bridgehead atoms. The van der Waals surface area contributed by atoms with Crippen LogP contribution in [0.25, 0.3) is 0 Å². The van der Waals surface area contributed by atoms with E-state index in [0.29, 0.717) is 42.8 Å². The monoisotopic (exact) mass is 398 g/mol. The standard InChI is InChI=1S/C21H23ClN4O2/c1-14-13-17(14)20(27)23-16-7-5-15(6-8-16)21(28)26-11-9-25(10-12-26)19-4-2-3-18(22)24-19/h2-8,14,17H,9-13H2,1H3,(H,23,27). The van der Waals surface area contributed by atoms with E-state index in [-0.39, 0.29) is 17.7 Å². The molecule has 7 heteroatoms. The molecule has 6 nitrogen and oxygen atoms in total. The van der Waals surface area contributed by atoms with Crippen molar-refractivity contribution < 1.29 is 9.59 Å². The van der Waals surface area contributed by atoms with Gasteiger partial charge >= 0.3 is 0 Å². The van der Waals surface area contributed by atoms with Crippen molar-refractivity contribution >= 4 is 34.9 Å². The molecule has 2 aliphatic rings. The van der Waals surface area contributed by atoms with Gasteiger partial charge in [0.25, 0.3) is 5.91 Å². The Morgan fingerprint density at radius 1 is 1.07 bits per heavy atom. The van der Waals surface area contributed by atoms with E-state index in [1.165, 1.54) is 0 Å². The quantitative estimate of drug-likeness (QED) is 0.802. The summed E-state index contributed by atoms with van der Waals surface area (Å²) >= 11 is 5.97. The van der Waals surface area contributed by atoms with Crippen LogP contribution in [0.1, 0.15) is 23.7 Å². The highest BCUT2D eigenvalue weighted by Crippen LogP contribution is 2.38. The summed E-state index contributed by atoms with van der Waals surface area (Å²) in [5.74, 6) is 1.52. The van der Waals surface area contributed by atoms with Crippen LogP contribution in [-0.2, 0) is 4.79 Å². The number of aromatic nitrogens is 1. The molecule has 1 saturated carbocycles. The van der Waals surface area contributed by atoms with Crippen LogP contribution in [0.4, 0.5) is 11.5 Å². The summed E-state index contributed by atoms with van der Waals surface area (Å²) in [6.07, 6.45) is 0.957. The minimum absolute atomic E-state index is 0.00685. The lowest BCUT2D eigenvalue weighted by molar-refractivity contribution is -0.117. The number of anilines is 2. The highest BCUT2D eigenvalue weighted by molar-refractivity contribution is 6.29. The molecule has 4 rings (SSSR count). The van der Waals surface area contributed by atoms with Crippen molar-refractivity contribution in [1.82, 2.24) is 9.88 Å². The lowest BCUT2D eigenvalue weighted by Crippen LogP contribution is -2.49. The van der Waals surface area contributed by atoms with Crippen LogP contribution < -0.4 is 10.2 Å². The molecule has 1 N–H and O–H groups in total. The van der Waals surface area contributed by atoms with Crippen LogP contribution in [0.2, 0.25) is 5.15 Å². The number of carbonyl (C=O) groups excluding carboxylic acids is 2. The SMILES string of the molecule is CC1CC1C(=O)Nc1ccc(C(=O)N2CCN(c3cccc(Cl)n3)CC2)cc1. The van der Waals surface area contributed by atoms with E-state index in [9.17, 15) is 9.59 Å². The molecule has 1 saturated heterocycles. The van der Waals surface area contributed by atoms with Gasteiger partial charge in [-0.05, 0) is 48.7 Å². The minimum Gasteiger partial charge on any atom is -0.353 e. The lowest BCUT2D eigenvalue weighted by atomic mass is 10.1. The Labute approximate surface area is 169 Å². The lowest BCUT2D eigenvalue weighted by Gasteiger charge is -2.35. The Hall–Kier alpha value is -2.60. The zero-order valence-corrected chi connectivity index (χ0v) is 16.5. The first kappa shape index (κ1) is 18.7. The van der Waals surface area contributed by atoms with Gasteiger partial charge in [0.05, 0.1) is 0 Å². The summed E-state index contributed by atoms with van der Waals surface area (Å²) in [5, 5.41) is 3.39. The third kappa shape index (κ3) is 4.12. The van der Waals surface area contributed by atoms with Crippen molar-refractivity contribution in [3.05, 3.63) is 53.2 Å². The van der Waals surface area contributed by atoms with Gasteiger partial charge in [-0.3, -0.25) is 9.59 Å². The molecule has 0 spiro atoms. The van der Waals surface area contributed by atoms with Crippen LogP contribution in [0.5, 0.6) is 0 Å². The Morgan fingerprint density at radius 2 is 1.75 bits per heavy atom. The van der Waals surface area contributed by atoms with Crippen molar-refractivity contribution in [2.45, 2.75) is 13.3 Å². The number of pyridine rings is 1. The third-order valence-corrected chi connectivity index (χ3v) is 5.65. The number of nitrogens with zero attached hydrogens (tertiary/aromatic N) is 3. The Bertz CT molecular complexity index is 878. The molecule has 1 aromatic carbocycles. The van der Waals surface area contributed by atoms with Gasteiger partial charge in [-0.25, -0.2) is 4.98 Å². The highest BCUT2D eigenvalue weighted by atomic mass is 35.5. The molecule has 2 heterocycles. The van der Waals surface area contributed by atoms with Gasteiger partial charge in [0.1, 0.15) is 11.0 Å². The Morgan fingerprint density at radius 3 is 2.36 bits per heavy atom. The maximum Gasteiger partial charge on any atom is 0.253 e. The van der Waals surface area contributed by atoms with E-state index in [4.69, 9.17) is 11.6 Å². The Kier molecular flexibility index (Phi) is 5.22. The fourth-order valence-electron chi connectivity index (χ4n) is 3.51. The molecule has 0 radical (unpaired) electrons. The largest absolute Gasteiger partial charge is 0.353 e. The second-order valence-corrected chi connectivity index (χ2v) is 7.87. The molecular weight excluding hydrogens is 376 g/mol. The average molecular weight is 399 g/mol. The van der Waals surface area contributed by atoms with Crippen LogP contribution in [0.3, 0.4) is 0 Å². The van der Waals surface area contributed by atoms with Crippen LogP contribution in [-0.4, -0.2) is 47.9 Å². The molecule has 2 atom stereocenters. The zero-order chi connectivity index (χ0) is 19.7. The summed E-state index contributed by atoms with van der Waals surface area (Å²) in [6, 6.07) is 12.7. The first-order chi connectivity index (χ1) is 13.5. The number of rotatable bonds is 4. The van der Waals surface area contributed by atoms with Crippen LogP contribution in [0, 0.1) is 11.8 Å². The average Bonchev–Trinajstić information content (AvgIpc) is 3.45. The zero-order valence-electron chi connectivity index (χ0n) is 15.8. The molecule has 146 valence electrons. The number of hydrogen-bond donors (Lipinski definition) is 1. The van der Waals surface area contributed by atoms with E-state index in [0.717, 1.165) is 17.9 Å². The number of piperazine rings is 1. The molecule has 1 aliphatic heterocycles. The van der Waals surface area contributed by atoms with E-state index in [2.05, 4.69) is 22.1 Å². The first-order valence-corrected chi connectivity index (χ1v) is 9.97. The van der Waals surface area contributed by atoms with Gasteiger partial charge in [0, 0.05) is 43.3 Å². The van der Waals surface area contributed by atoms with E-state index < -0.39 is 0 Å². The summed E-state index contributed by atoms with van der Waals surface area (Å²) in [6.45, 7) is 4.77. The fourth-order valence-corrected chi connectivity index (χ4v) is 3.67. The van der Waals surface area contributed by atoms with Crippen molar-refractivity contribution in [2.75, 3.05) is 36.4 Å². The maximum absolute atomic E-state index is 12.8. The summed E-state index contributed by atoms with van der Waals surface area (Å²) in [7, 11) is 0. The molecule has 2 unspecified atom stereocenters. The van der Waals surface area contributed by atoms with Crippen LogP contribution >= 0.6 is 11.6 Å². The second kappa shape index (κ2) is 7.80. The number of halogens is 1. The third-order valence-electron chi connectivity index (χ3n) is 5.44. The maximum atomic E-state index is 12.8. The van der Waals surface area contributed by atoms with Gasteiger partial charge in [-0.15, -0.1) is 0 Å². The Balaban J connectivity index is 1.33.